The van der Waals surface area contributed by atoms with E-state index in [9.17, 15) is 0 Å². The lowest BCUT2D eigenvalue weighted by atomic mass is 9.65. The maximum atomic E-state index is 16.1. The molecule has 0 unspecified atom stereocenters. The van der Waals surface area contributed by atoms with E-state index in [1.54, 1.807) is 29.3 Å². The van der Waals surface area contributed by atoms with Gasteiger partial charge in [-0.05, 0) is 44.9 Å². The third kappa shape index (κ3) is 2.86. The van der Waals surface area contributed by atoms with E-state index in [0.29, 0.717) is 39.0 Å². The molecule has 1 saturated carbocycles. The number of nitrogens with one attached hydrogen (secondary N) is 1. The molecule has 0 atom stereocenters. The molecular weight excluding hydrogens is 409 g/mol. The van der Waals surface area contributed by atoms with E-state index >= 15 is 4.39 Å². The molecule has 1 spiro atoms. The molecule has 1 saturated heterocycles. The Labute approximate surface area is 184 Å². The molecule has 7 nitrogen and oxygen atoms in total. The largest absolute Gasteiger partial charge is 0.490 e. The number of fused-ring (bicyclic) bond motifs is 1. The predicted octanol–water partition coefficient (Wildman–Crippen LogP) is 4.34. The van der Waals surface area contributed by atoms with Crippen LogP contribution < -0.4 is 4.74 Å². The molecule has 1 aliphatic heterocycles. The number of H-pyrrole nitrogens is 1. The van der Waals surface area contributed by atoms with Gasteiger partial charge in [0.25, 0.3) is 0 Å². The maximum absolute atomic E-state index is 16.1. The second-order valence-corrected chi connectivity index (χ2v) is 9.10. The van der Waals surface area contributed by atoms with Gasteiger partial charge < -0.3 is 14.5 Å². The summed E-state index contributed by atoms with van der Waals surface area (Å²) in [4.78, 5) is 11.6. The van der Waals surface area contributed by atoms with Crippen LogP contribution in [-0.2, 0) is 11.8 Å². The van der Waals surface area contributed by atoms with Crippen molar-refractivity contribution in [2.24, 2.45) is 12.5 Å². The van der Waals surface area contributed by atoms with E-state index in [1.807, 2.05) is 27.0 Å². The van der Waals surface area contributed by atoms with Crippen LogP contribution in [0.4, 0.5) is 4.39 Å². The summed E-state index contributed by atoms with van der Waals surface area (Å²) in [7, 11) is 1.87. The lowest BCUT2D eigenvalue weighted by Crippen LogP contribution is -2.56. The van der Waals surface area contributed by atoms with Gasteiger partial charge in [0.2, 0.25) is 0 Å². The summed E-state index contributed by atoms with van der Waals surface area (Å²) in [5.41, 5.74) is 5.67. The zero-order valence-corrected chi connectivity index (χ0v) is 18.3. The van der Waals surface area contributed by atoms with Crippen molar-refractivity contribution in [3.63, 3.8) is 0 Å². The lowest BCUT2D eigenvalue weighted by molar-refractivity contribution is -0.191. The Morgan fingerprint density at radius 3 is 2.62 bits per heavy atom. The number of pyridine rings is 1. The number of aryl methyl sites for hydroxylation is 2. The van der Waals surface area contributed by atoms with Crippen molar-refractivity contribution in [3.05, 3.63) is 47.9 Å². The SMILES string of the molecule is Cc1nn(C)c(C)c1-c1cc(OC2CC3(COC3)C2)cc(-c2ccnc3nc[nH]c23)c1F. The third-order valence-electron chi connectivity index (χ3n) is 6.88. The summed E-state index contributed by atoms with van der Waals surface area (Å²) in [6.07, 6.45) is 5.29. The number of imidazole rings is 1. The van der Waals surface area contributed by atoms with Gasteiger partial charge in [-0.25, -0.2) is 14.4 Å². The van der Waals surface area contributed by atoms with Crippen LogP contribution in [0.15, 0.2) is 30.7 Å². The fourth-order valence-electron chi connectivity index (χ4n) is 5.09. The van der Waals surface area contributed by atoms with Gasteiger partial charge in [-0.15, -0.1) is 0 Å². The smallest absolute Gasteiger partial charge is 0.178 e. The monoisotopic (exact) mass is 433 g/mol. The molecular formula is C24H24FN5O2. The molecule has 4 aromatic rings. The van der Waals surface area contributed by atoms with Gasteiger partial charge in [0.05, 0.1) is 30.8 Å². The summed E-state index contributed by atoms with van der Waals surface area (Å²) in [5.74, 6) is 0.347. The molecule has 6 rings (SSSR count). The predicted molar refractivity (Wildman–Crippen MR) is 118 cm³/mol. The Morgan fingerprint density at radius 2 is 1.94 bits per heavy atom. The number of halogens is 1. The summed E-state index contributed by atoms with van der Waals surface area (Å²) in [6, 6.07) is 5.40. The average molecular weight is 433 g/mol. The quantitative estimate of drug-likeness (QED) is 0.518. The first-order valence-corrected chi connectivity index (χ1v) is 10.8. The van der Waals surface area contributed by atoms with Crippen LogP contribution in [0.3, 0.4) is 0 Å². The van der Waals surface area contributed by atoms with Crippen LogP contribution in [0, 0.1) is 25.1 Å². The van der Waals surface area contributed by atoms with Crippen molar-refractivity contribution < 1.29 is 13.9 Å². The number of benzene rings is 1. The number of aromatic nitrogens is 5. The highest BCUT2D eigenvalue weighted by Gasteiger charge is 2.51. The van der Waals surface area contributed by atoms with Gasteiger partial charge >= 0.3 is 0 Å². The summed E-state index contributed by atoms with van der Waals surface area (Å²) in [6.45, 7) is 5.49. The number of ether oxygens (including phenoxy) is 2. The van der Waals surface area contributed by atoms with Crippen LogP contribution in [0.5, 0.6) is 5.75 Å². The lowest BCUT2D eigenvalue weighted by Gasteiger charge is -2.52. The Kier molecular flexibility index (Phi) is 4.17. The minimum absolute atomic E-state index is 0.116. The molecule has 1 aliphatic carbocycles. The Hall–Kier alpha value is -3.26. The molecule has 0 radical (unpaired) electrons. The van der Waals surface area contributed by atoms with E-state index in [2.05, 4.69) is 20.1 Å². The van der Waals surface area contributed by atoms with E-state index in [-0.39, 0.29) is 11.9 Å². The first kappa shape index (κ1) is 19.4. The highest BCUT2D eigenvalue weighted by atomic mass is 19.1. The molecule has 1 N–H and O–H groups in total. The zero-order valence-electron chi connectivity index (χ0n) is 18.3. The van der Waals surface area contributed by atoms with Gasteiger partial charge in [-0.2, -0.15) is 5.10 Å². The maximum Gasteiger partial charge on any atom is 0.178 e. The van der Waals surface area contributed by atoms with Crippen molar-refractivity contribution in [3.8, 4) is 28.0 Å². The molecule has 4 heterocycles. The topological polar surface area (TPSA) is 77.8 Å². The second-order valence-electron chi connectivity index (χ2n) is 9.10. The van der Waals surface area contributed by atoms with Crippen molar-refractivity contribution in [2.45, 2.75) is 32.8 Å². The van der Waals surface area contributed by atoms with E-state index in [4.69, 9.17) is 9.47 Å². The average Bonchev–Trinajstić information content (AvgIpc) is 3.28. The van der Waals surface area contributed by atoms with Crippen LogP contribution in [0.25, 0.3) is 33.4 Å². The summed E-state index contributed by atoms with van der Waals surface area (Å²) in [5, 5.41) is 4.50. The number of rotatable bonds is 4. The third-order valence-corrected chi connectivity index (χ3v) is 6.88. The number of hydrogen-bond acceptors (Lipinski definition) is 5. The molecule has 1 aromatic carbocycles. The Balaban J connectivity index is 1.49. The minimum atomic E-state index is -0.309. The van der Waals surface area contributed by atoms with Crippen molar-refractivity contribution in [1.29, 1.82) is 0 Å². The van der Waals surface area contributed by atoms with E-state index in [1.165, 1.54) is 0 Å². The molecule has 3 aromatic heterocycles. The molecule has 2 aliphatic rings. The fourth-order valence-corrected chi connectivity index (χ4v) is 5.09. The Bertz CT molecular complexity index is 1350. The zero-order chi connectivity index (χ0) is 22.0. The van der Waals surface area contributed by atoms with Gasteiger partial charge in [0.1, 0.15) is 17.7 Å². The highest BCUT2D eigenvalue weighted by Crippen LogP contribution is 2.49. The van der Waals surface area contributed by atoms with Crippen LogP contribution >= 0.6 is 0 Å². The first-order chi connectivity index (χ1) is 15.4. The van der Waals surface area contributed by atoms with Gasteiger partial charge in [-0.1, -0.05) is 0 Å². The standard InChI is InChI=1S/C24H24FN5O2/c1-13-20(14(2)30(3)29-13)19-7-15(32-16-8-24(9-16)10-31-11-24)6-18(21(19)25)17-4-5-26-23-22(17)27-12-28-23/h4-7,12,16H,8-11H2,1-3H3,(H,26,27,28). The van der Waals surface area contributed by atoms with Gasteiger partial charge in [0, 0.05) is 46.6 Å². The van der Waals surface area contributed by atoms with Crippen LogP contribution in [0.1, 0.15) is 24.2 Å². The summed E-state index contributed by atoms with van der Waals surface area (Å²) >= 11 is 0. The van der Waals surface area contributed by atoms with Gasteiger partial charge in [0.15, 0.2) is 5.65 Å². The fraction of sp³-hybridized carbons (Fsp3) is 0.375. The molecule has 0 bridgehead atoms. The summed E-state index contributed by atoms with van der Waals surface area (Å²) < 4.78 is 29.6. The molecule has 0 amide bonds. The van der Waals surface area contributed by atoms with Crippen LogP contribution in [0.2, 0.25) is 0 Å². The van der Waals surface area contributed by atoms with Gasteiger partial charge in [-0.3, -0.25) is 4.68 Å². The van der Waals surface area contributed by atoms with Crippen LogP contribution in [-0.4, -0.2) is 44.1 Å². The minimum Gasteiger partial charge on any atom is -0.490 e. The highest BCUT2D eigenvalue weighted by molar-refractivity contribution is 5.91. The van der Waals surface area contributed by atoms with E-state index in [0.717, 1.165) is 43.0 Å². The van der Waals surface area contributed by atoms with E-state index < -0.39 is 0 Å². The normalized spacial score (nSPS) is 17.5. The van der Waals surface area contributed by atoms with Crippen molar-refractivity contribution >= 4 is 11.2 Å². The number of aromatic amines is 1. The van der Waals surface area contributed by atoms with Crippen molar-refractivity contribution in [1.82, 2.24) is 24.7 Å². The number of nitrogens with zero attached hydrogens (tertiary/aromatic N) is 4. The van der Waals surface area contributed by atoms with Crippen molar-refractivity contribution in [2.75, 3.05) is 13.2 Å². The second kappa shape index (κ2) is 6.87. The molecule has 2 fully saturated rings. The first-order valence-electron chi connectivity index (χ1n) is 10.8. The Morgan fingerprint density at radius 1 is 1.16 bits per heavy atom. The molecule has 8 heteroatoms. The molecule has 164 valence electrons. The number of hydrogen-bond donors (Lipinski definition) is 1. The molecule has 32 heavy (non-hydrogen) atoms.